The molecule has 4 aromatic rings. The Morgan fingerprint density at radius 3 is 0.957 bits per heavy atom. The van der Waals surface area contributed by atoms with Gasteiger partial charge in [-0.3, -0.25) is 0 Å². The number of hydrogen-bond acceptors (Lipinski definition) is 0. The molecule has 0 saturated heterocycles. The van der Waals surface area contributed by atoms with Gasteiger partial charge in [0.2, 0.25) is 0 Å². The fourth-order valence-electron chi connectivity index (χ4n) is 9.44. The van der Waals surface area contributed by atoms with Crippen molar-refractivity contribution in [1.29, 1.82) is 0 Å². The van der Waals surface area contributed by atoms with Gasteiger partial charge < -0.3 is 24.8 Å². The molecule has 8 rings (SSSR count). The summed E-state index contributed by atoms with van der Waals surface area (Å²) < 4.78 is 0. The van der Waals surface area contributed by atoms with Crippen LogP contribution >= 0.6 is 15.8 Å². The van der Waals surface area contributed by atoms with Crippen molar-refractivity contribution < 1.29 is 46.5 Å². The fraction of sp³-hybridized carbons (Fsp3) is 0.571. The monoisotopic (exact) mass is 740 g/mol. The molecule has 0 unspecified atom stereocenters. The molecule has 4 aliphatic rings. The van der Waals surface area contributed by atoms with Gasteiger partial charge in [0.15, 0.2) is 0 Å². The van der Waals surface area contributed by atoms with Crippen molar-refractivity contribution in [3.05, 3.63) is 72.8 Å². The summed E-state index contributed by atoms with van der Waals surface area (Å²) in [5.41, 5.74) is 4.07. The standard InChI is InChI=1S/2C21H28P.2ClH.Ti/c2*1-3-11-19(12-4-1)22(20-13-5-2-6-14-20)21-15-17-9-7-8-10-18(17)16-21;;;/h2*7-10,15-16,19-20H,1-6,11-14H2;2*1H;/q2*-1;;;+4/p-2. The van der Waals surface area contributed by atoms with Gasteiger partial charge >= 0.3 is 21.7 Å². The van der Waals surface area contributed by atoms with E-state index in [1.807, 2.05) is 0 Å². The average molecular weight is 742 g/mol. The SMILES string of the molecule is [Cl-].[Cl-].[Ti+4].c1ccc2[cH-]c(P(C3CCCCC3)C3CCCCC3)cc2c1.c1ccc2[cH-]c(P(C3CCCCC3)C3CCCCC3)cc2c1. The van der Waals surface area contributed by atoms with Gasteiger partial charge in [0, 0.05) is 0 Å². The van der Waals surface area contributed by atoms with Crippen LogP contribution in [-0.2, 0) is 21.7 Å². The third-order valence-corrected chi connectivity index (χ3v) is 18.6. The molecular weight excluding hydrogens is 685 g/mol. The third kappa shape index (κ3) is 9.99. The fourth-order valence-corrected chi connectivity index (χ4v) is 17.2. The first-order valence-electron chi connectivity index (χ1n) is 18.7. The third-order valence-electron chi connectivity index (χ3n) is 11.7. The summed E-state index contributed by atoms with van der Waals surface area (Å²) in [6.07, 6.45) is 29.8. The summed E-state index contributed by atoms with van der Waals surface area (Å²) in [6, 6.07) is 28.1. The zero-order chi connectivity index (χ0) is 29.6. The van der Waals surface area contributed by atoms with Crippen LogP contribution in [0.5, 0.6) is 0 Å². The number of benzene rings is 2. The Bertz CT molecular complexity index is 1230. The molecule has 4 aromatic carbocycles. The van der Waals surface area contributed by atoms with E-state index in [2.05, 4.69) is 72.8 Å². The molecule has 5 heteroatoms. The normalized spacial score (nSPS) is 20.3. The molecule has 252 valence electrons. The molecule has 0 N–H and O–H groups in total. The molecule has 0 spiro atoms. The predicted octanol–water partition coefficient (Wildman–Crippen LogP) is 6.67. The van der Waals surface area contributed by atoms with E-state index in [0.29, 0.717) is 0 Å². The van der Waals surface area contributed by atoms with E-state index in [9.17, 15) is 0 Å². The summed E-state index contributed by atoms with van der Waals surface area (Å²) in [4.78, 5) is 0. The zero-order valence-electron chi connectivity index (χ0n) is 28.5. The molecule has 47 heavy (non-hydrogen) atoms. The van der Waals surface area contributed by atoms with Crippen LogP contribution in [0.2, 0.25) is 0 Å². The van der Waals surface area contributed by atoms with E-state index in [4.69, 9.17) is 0 Å². The zero-order valence-corrected chi connectivity index (χ0v) is 33.4. The molecule has 0 amide bonds. The minimum atomic E-state index is 0. The van der Waals surface area contributed by atoms with Gasteiger partial charge in [-0.25, -0.2) is 0 Å². The molecule has 4 saturated carbocycles. The van der Waals surface area contributed by atoms with Crippen molar-refractivity contribution in [3.8, 4) is 0 Å². The summed E-state index contributed by atoms with van der Waals surface area (Å²) in [5.74, 6) is 0. The Morgan fingerprint density at radius 1 is 0.404 bits per heavy atom. The molecule has 0 aliphatic heterocycles. The molecule has 4 fully saturated rings. The van der Waals surface area contributed by atoms with Gasteiger partial charge in [0.05, 0.1) is 0 Å². The Balaban J connectivity index is 0.000000200. The predicted molar refractivity (Wildman–Crippen MR) is 200 cm³/mol. The van der Waals surface area contributed by atoms with Crippen LogP contribution in [0.15, 0.2) is 72.8 Å². The molecule has 0 bridgehead atoms. The van der Waals surface area contributed by atoms with Crippen molar-refractivity contribution in [2.45, 2.75) is 151 Å². The van der Waals surface area contributed by atoms with Crippen molar-refractivity contribution in [1.82, 2.24) is 0 Å². The summed E-state index contributed by atoms with van der Waals surface area (Å²) >= 11 is 0. The Hall–Kier alpha value is -0.186. The van der Waals surface area contributed by atoms with Crippen LogP contribution in [0.3, 0.4) is 0 Å². The number of fused-ring (bicyclic) bond motifs is 2. The van der Waals surface area contributed by atoms with Gasteiger partial charge in [-0.15, -0.1) is 80.7 Å². The Morgan fingerprint density at radius 2 is 0.681 bits per heavy atom. The van der Waals surface area contributed by atoms with Crippen LogP contribution in [-0.4, -0.2) is 22.6 Å². The van der Waals surface area contributed by atoms with Crippen LogP contribution in [0, 0.1) is 0 Å². The van der Waals surface area contributed by atoms with E-state index < -0.39 is 0 Å². The number of rotatable bonds is 6. The van der Waals surface area contributed by atoms with Crippen LogP contribution in [0.1, 0.15) is 128 Å². The van der Waals surface area contributed by atoms with E-state index in [1.54, 1.807) is 10.6 Å². The van der Waals surface area contributed by atoms with Gasteiger partial charge in [0.1, 0.15) is 0 Å². The second kappa shape index (κ2) is 20.0. The van der Waals surface area contributed by atoms with E-state index in [0.717, 1.165) is 22.6 Å². The maximum atomic E-state index is 2.55. The molecule has 0 aromatic heterocycles. The first-order chi connectivity index (χ1) is 21.8. The van der Waals surface area contributed by atoms with Crippen molar-refractivity contribution in [2.75, 3.05) is 0 Å². The summed E-state index contributed by atoms with van der Waals surface area (Å²) in [7, 11) is 0.122. The molecule has 0 atom stereocenters. The van der Waals surface area contributed by atoms with Gasteiger partial charge in [-0.2, -0.15) is 12.1 Å². The number of hydrogen-bond donors (Lipinski definition) is 0. The molecule has 4 aliphatic carbocycles. The second-order valence-electron chi connectivity index (χ2n) is 14.7. The minimum absolute atomic E-state index is 0. The first-order valence-corrected chi connectivity index (χ1v) is 21.7. The average Bonchev–Trinajstić information content (AvgIpc) is 3.72. The Kier molecular flexibility index (Phi) is 16.9. The van der Waals surface area contributed by atoms with Gasteiger partial charge in [0.25, 0.3) is 0 Å². The van der Waals surface area contributed by atoms with Crippen LogP contribution < -0.4 is 35.4 Å². The van der Waals surface area contributed by atoms with E-state index in [-0.39, 0.29) is 62.4 Å². The maximum absolute atomic E-state index is 2.55. The maximum Gasteiger partial charge on any atom is 4.00 e. The number of halogens is 2. The van der Waals surface area contributed by atoms with Crippen molar-refractivity contribution in [2.24, 2.45) is 0 Å². The van der Waals surface area contributed by atoms with Gasteiger partial charge in [-0.1, -0.05) is 105 Å². The Labute approximate surface area is 316 Å². The first kappa shape index (κ1) is 39.6. The van der Waals surface area contributed by atoms with E-state index in [1.165, 1.54) is 150 Å². The van der Waals surface area contributed by atoms with Crippen molar-refractivity contribution >= 4 is 48.0 Å². The van der Waals surface area contributed by atoms with Crippen LogP contribution in [0.4, 0.5) is 0 Å². The van der Waals surface area contributed by atoms with Crippen molar-refractivity contribution in [3.63, 3.8) is 0 Å². The molecule has 0 heterocycles. The molecule has 0 nitrogen and oxygen atoms in total. The molecule has 0 radical (unpaired) electrons. The quantitative estimate of drug-likeness (QED) is 0.118. The van der Waals surface area contributed by atoms with Gasteiger partial charge in [-0.05, 0) is 74.0 Å². The topological polar surface area (TPSA) is 0 Å². The largest absolute Gasteiger partial charge is 4.00 e. The van der Waals surface area contributed by atoms with E-state index >= 15 is 0 Å². The summed E-state index contributed by atoms with van der Waals surface area (Å²) in [6.45, 7) is 0. The molecular formula is C42H56Cl2P2Ti. The van der Waals surface area contributed by atoms with Crippen LogP contribution in [0.25, 0.3) is 21.5 Å². The minimum Gasteiger partial charge on any atom is -1.00 e. The summed E-state index contributed by atoms with van der Waals surface area (Å²) in [5, 5.41) is 9.34. The second-order valence-corrected chi connectivity index (χ2v) is 20.2. The smallest absolute Gasteiger partial charge is 1.00 e.